The molecular formula is C19H15ClN4O4. The Balaban J connectivity index is 1.79. The SMILES string of the molecule is CCN(C(=O)c1cnc(Oc2ccc([N+](=O)[O-])cc2)c(Cl)c1)c1cccnc1. The van der Waals surface area contributed by atoms with Gasteiger partial charge >= 0.3 is 0 Å². The van der Waals surface area contributed by atoms with E-state index in [1.165, 1.54) is 36.5 Å². The molecule has 1 amide bonds. The monoisotopic (exact) mass is 398 g/mol. The average Bonchev–Trinajstić information content (AvgIpc) is 2.71. The third-order valence-electron chi connectivity index (χ3n) is 3.84. The highest BCUT2D eigenvalue weighted by Gasteiger charge is 2.18. The maximum Gasteiger partial charge on any atom is 0.269 e. The molecule has 0 spiro atoms. The number of carbonyl (C=O) groups excluding carboxylic acids is 1. The van der Waals surface area contributed by atoms with Gasteiger partial charge in [0.25, 0.3) is 11.6 Å². The zero-order valence-electron chi connectivity index (χ0n) is 14.8. The molecule has 0 saturated carbocycles. The number of hydrogen-bond acceptors (Lipinski definition) is 6. The molecule has 0 fully saturated rings. The van der Waals surface area contributed by atoms with Gasteiger partial charge in [-0.3, -0.25) is 19.9 Å². The number of nitro groups is 1. The summed E-state index contributed by atoms with van der Waals surface area (Å²) >= 11 is 6.22. The number of aromatic nitrogens is 2. The van der Waals surface area contributed by atoms with Crippen molar-refractivity contribution >= 4 is 28.9 Å². The van der Waals surface area contributed by atoms with E-state index < -0.39 is 4.92 Å². The second-order valence-electron chi connectivity index (χ2n) is 5.62. The van der Waals surface area contributed by atoms with Crippen LogP contribution in [0, 0.1) is 10.1 Å². The van der Waals surface area contributed by atoms with E-state index in [-0.39, 0.29) is 22.5 Å². The standard InChI is InChI=1S/C19H15ClN4O4/c1-2-23(15-4-3-9-21-12-15)19(25)13-10-17(20)18(22-11-13)28-16-7-5-14(6-8-16)24(26)27/h3-12H,2H2,1H3. The van der Waals surface area contributed by atoms with E-state index in [2.05, 4.69) is 9.97 Å². The van der Waals surface area contributed by atoms with Crippen LogP contribution in [0.25, 0.3) is 0 Å². The normalized spacial score (nSPS) is 10.4. The van der Waals surface area contributed by atoms with Gasteiger partial charge in [-0.05, 0) is 37.3 Å². The van der Waals surface area contributed by atoms with Gasteiger partial charge in [-0.2, -0.15) is 0 Å². The summed E-state index contributed by atoms with van der Waals surface area (Å²) in [4.78, 5) is 32.7. The Morgan fingerprint density at radius 2 is 2.00 bits per heavy atom. The molecule has 0 N–H and O–H groups in total. The fourth-order valence-corrected chi connectivity index (χ4v) is 2.68. The van der Waals surface area contributed by atoms with Crippen LogP contribution in [-0.4, -0.2) is 27.3 Å². The largest absolute Gasteiger partial charge is 0.438 e. The number of benzene rings is 1. The molecule has 0 bridgehead atoms. The number of ether oxygens (including phenoxy) is 1. The van der Waals surface area contributed by atoms with Crippen LogP contribution in [-0.2, 0) is 0 Å². The Hall–Kier alpha value is -3.52. The van der Waals surface area contributed by atoms with Crippen molar-refractivity contribution in [1.29, 1.82) is 0 Å². The Labute approximate surface area is 165 Å². The minimum absolute atomic E-state index is 0.0533. The third kappa shape index (κ3) is 4.24. The predicted octanol–water partition coefficient (Wildman–Crippen LogP) is 4.50. The quantitative estimate of drug-likeness (QED) is 0.448. The van der Waals surface area contributed by atoms with Gasteiger partial charge in [0.05, 0.1) is 22.4 Å². The van der Waals surface area contributed by atoms with Crippen molar-refractivity contribution in [1.82, 2.24) is 9.97 Å². The molecule has 0 radical (unpaired) electrons. The number of non-ortho nitro benzene ring substituents is 1. The summed E-state index contributed by atoms with van der Waals surface area (Å²) in [7, 11) is 0. The highest BCUT2D eigenvalue weighted by atomic mass is 35.5. The number of nitrogens with zero attached hydrogens (tertiary/aromatic N) is 4. The highest BCUT2D eigenvalue weighted by molar-refractivity contribution is 6.32. The van der Waals surface area contributed by atoms with Gasteiger partial charge in [-0.25, -0.2) is 4.98 Å². The van der Waals surface area contributed by atoms with Crippen molar-refractivity contribution in [3.8, 4) is 11.6 Å². The minimum Gasteiger partial charge on any atom is -0.438 e. The maximum absolute atomic E-state index is 12.8. The molecular weight excluding hydrogens is 384 g/mol. The van der Waals surface area contributed by atoms with Crippen LogP contribution in [0.2, 0.25) is 5.02 Å². The van der Waals surface area contributed by atoms with Crippen LogP contribution in [0.3, 0.4) is 0 Å². The molecule has 0 aliphatic heterocycles. The molecule has 142 valence electrons. The van der Waals surface area contributed by atoms with Gasteiger partial charge in [-0.15, -0.1) is 0 Å². The summed E-state index contributed by atoms with van der Waals surface area (Å²) in [5.41, 5.74) is 0.909. The van der Waals surface area contributed by atoms with Gasteiger partial charge in [0.2, 0.25) is 5.88 Å². The lowest BCUT2D eigenvalue weighted by Crippen LogP contribution is -2.30. The molecule has 0 unspecified atom stereocenters. The van der Waals surface area contributed by atoms with Crippen LogP contribution < -0.4 is 9.64 Å². The summed E-state index contributed by atoms with van der Waals surface area (Å²) in [6.07, 6.45) is 4.60. The summed E-state index contributed by atoms with van der Waals surface area (Å²) in [6, 6.07) is 10.5. The van der Waals surface area contributed by atoms with E-state index >= 15 is 0 Å². The zero-order valence-corrected chi connectivity index (χ0v) is 15.5. The Morgan fingerprint density at radius 3 is 2.57 bits per heavy atom. The summed E-state index contributed by atoms with van der Waals surface area (Å²) in [6.45, 7) is 2.30. The number of hydrogen-bond donors (Lipinski definition) is 0. The van der Waals surface area contributed by atoms with Gasteiger partial charge in [-0.1, -0.05) is 11.6 Å². The molecule has 9 heteroatoms. The molecule has 28 heavy (non-hydrogen) atoms. The van der Waals surface area contributed by atoms with Gasteiger partial charge < -0.3 is 9.64 Å². The van der Waals surface area contributed by atoms with Gasteiger partial charge in [0, 0.05) is 31.1 Å². The minimum atomic E-state index is -0.503. The van der Waals surface area contributed by atoms with Crippen LogP contribution in [0.5, 0.6) is 11.6 Å². The van der Waals surface area contributed by atoms with Crippen molar-refractivity contribution in [3.63, 3.8) is 0 Å². The summed E-state index contributed by atoms with van der Waals surface area (Å²) < 4.78 is 5.55. The summed E-state index contributed by atoms with van der Waals surface area (Å²) in [5.74, 6) is 0.160. The van der Waals surface area contributed by atoms with Crippen molar-refractivity contribution < 1.29 is 14.5 Å². The Bertz CT molecular complexity index is 997. The van der Waals surface area contributed by atoms with Gasteiger partial charge in [0.15, 0.2) is 0 Å². The Kier molecular flexibility index (Phi) is 5.81. The number of anilines is 1. The second-order valence-corrected chi connectivity index (χ2v) is 6.03. The third-order valence-corrected chi connectivity index (χ3v) is 4.11. The first-order chi connectivity index (χ1) is 13.5. The van der Waals surface area contributed by atoms with Gasteiger partial charge in [0.1, 0.15) is 10.8 Å². The topological polar surface area (TPSA) is 98.5 Å². The number of halogens is 1. The first-order valence-corrected chi connectivity index (χ1v) is 8.67. The zero-order chi connectivity index (χ0) is 20.1. The van der Waals surface area contributed by atoms with E-state index in [0.717, 1.165) is 0 Å². The lowest BCUT2D eigenvalue weighted by Gasteiger charge is -2.20. The van der Waals surface area contributed by atoms with E-state index in [9.17, 15) is 14.9 Å². The first-order valence-electron chi connectivity index (χ1n) is 8.29. The molecule has 2 aromatic heterocycles. The van der Waals surface area contributed by atoms with Crippen molar-refractivity contribution in [2.24, 2.45) is 0 Å². The average molecular weight is 399 g/mol. The molecule has 3 rings (SSSR count). The fraction of sp³-hybridized carbons (Fsp3) is 0.105. The fourth-order valence-electron chi connectivity index (χ4n) is 2.48. The molecule has 3 aromatic rings. The molecule has 0 atom stereocenters. The molecule has 0 aliphatic rings. The lowest BCUT2D eigenvalue weighted by molar-refractivity contribution is -0.384. The van der Waals surface area contributed by atoms with Crippen LogP contribution in [0.4, 0.5) is 11.4 Å². The van der Waals surface area contributed by atoms with Crippen LogP contribution >= 0.6 is 11.6 Å². The lowest BCUT2D eigenvalue weighted by atomic mass is 10.2. The summed E-state index contributed by atoms with van der Waals surface area (Å²) in [5, 5.41) is 10.8. The van der Waals surface area contributed by atoms with E-state index in [1.54, 1.807) is 29.4 Å². The number of rotatable bonds is 6. The smallest absolute Gasteiger partial charge is 0.269 e. The Morgan fingerprint density at radius 1 is 1.25 bits per heavy atom. The molecule has 1 aromatic carbocycles. The highest BCUT2D eigenvalue weighted by Crippen LogP contribution is 2.29. The van der Waals surface area contributed by atoms with E-state index in [4.69, 9.17) is 16.3 Å². The number of carbonyl (C=O) groups is 1. The van der Waals surface area contributed by atoms with Crippen molar-refractivity contribution in [3.05, 3.63) is 81.8 Å². The number of nitro benzene ring substituents is 1. The predicted molar refractivity (Wildman–Crippen MR) is 104 cm³/mol. The number of amides is 1. The molecule has 0 saturated heterocycles. The van der Waals surface area contributed by atoms with Crippen LogP contribution in [0.1, 0.15) is 17.3 Å². The van der Waals surface area contributed by atoms with Crippen molar-refractivity contribution in [2.45, 2.75) is 6.92 Å². The maximum atomic E-state index is 12.8. The second kappa shape index (κ2) is 8.45. The van der Waals surface area contributed by atoms with E-state index in [0.29, 0.717) is 23.5 Å². The molecule has 8 nitrogen and oxygen atoms in total. The first kappa shape index (κ1) is 19.2. The molecule has 0 aliphatic carbocycles. The molecule has 2 heterocycles. The van der Waals surface area contributed by atoms with Crippen molar-refractivity contribution in [2.75, 3.05) is 11.4 Å². The van der Waals surface area contributed by atoms with Crippen LogP contribution in [0.15, 0.2) is 61.1 Å². The number of pyridine rings is 2. The van der Waals surface area contributed by atoms with E-state index in [1.807, 2.05) is 6.92 Å².